The lowest BCUT2D eigenvalue weighted by Gasteiger charge is -2.21. The molecule has 0 bridgehead atoms. The Bertz CT molecular complexity index is 442. The molecule has 2 unspecified atom stereocenters. The lowest BCUT2D eigenvalue weighted by molar-refractivity contribution is -0.149. The molecule has 1 N–H and O–H groups in total. The zero-order valence-electron chi connectivity index (χ0n) is 12.0. The maximum Gasteiger partial charge on any atom is 0.310 e. The molecule has 1 aliphatic rings. The standard InChI is InChI=1S/C17H23NO2/c1-14(12-18-16-10-6-3-7-11-16)17(19)20-13-15-8-4-2-5-9-15/h2-6,8-9,14,16,18H,7,10-13H2,1H3. The molecule has 1 aromatic rings. The molecule has 1 aromatic carbocycles. The first-order chi connectivity index (χ1) is 9.75. The molecule has 0 fully saturated rings. The minimum absolute atomic E-state index is 0.107. The van der Waals surface area contributed by atoms with Crippen molar-refractivity contribution >= 4 is 5.97 Å². The third-order valence-corrected chi connectivity index (χ3v) is 3.61. The number of hydrogen-bond donors (Lipinski definition) is 1. The molecule has 20 heavy (non-hydrogen) atoms. The van der Waals surface area contributed by atoms with Crippen molar-refractivity contribution in [2.75, 3.05) is 6.54 Å². The van der Waals surface area contributed by atoms with Crippen molar-refractivity contribution in [1.29, 1.82) is 0 Å². The number of carbonyl (C=O) groups excluding carboxylic acids is 1. The summed E-state index contributed by atoms with van der Waals surface area (Å²) < 4.78 is 5.34. The Morgan fingerprint density at radius 1 is 1.35 bits per heavy atom. The maximum absolute atomic E-state index is 11.9. The number of ether oxygens (including phenoxy) is 1. The van der Waals surface area contributed by atoms with E-state index < -0.39 is 0 Å². The molecule has 0 amide bonds. The van der Waals surface area contributed by atoms with Crippen LogP contribution in [0.25, 0.3) is 0 Å². The van der Waals surface area contributed by atoms with Crippen LogP contribution < -0.4 is 5.32 Å². The summed E-state index contributed by atoms with van der Waals surface area (Å²) in [7, 11) is 0. The highest BCUT2D eigenvalue weighted by Gasteiger charge is 2.17. The van der Waals surface area contributed by atoms with Crippen molar-refractivity contribution in [3.8, 4) is 0 Å². The monoisotopic (exact) mass is 273 g/mol. The molecule has 0 heterocycles. The number of carbonyl (C=O) groups is 1. The molecule has 3 nitrogen and oxygen atoms in total. The Morgan fingerprint density at radius 3 is 2.85 bits per heavy atom. The predicted molar refractivity (Wildman–Crippen MR) is 80.2 cm³/mol. The number of allylic oxidation sites excluding steroid dienone is 1. The van der Waals surface area contributed by atoms with Crippen molar-refractivity contribution < 1.29 is 9.53 Å². The van der Waals surface area contributed by atoms with Gasteiger partial charge in [-0.15, -0.1) is 0 Å². The van der Waals surface area contributed by atoms with Gasteiger partial charge in [0, 0.05) is 12.6 Å². The van der Waals surface area contributed by atoms with E-state index in [1.807, 2.05) is 37.3 Å². The van der Waals surface area contributed by atoms with Gasteiger partial charge in [0.15, 0.2) is 0 Å². The molecule has 3 heteroatoms. The molecule has 0 spiro atoms. The van der Waals surface area contributed by atoms with E-state index in [9.17, 15) is 4.79 Å². The van der Waals surface area contributed by atoms with Crippen LogP contribution in [-0.2, 0) is 16.1 Å². The Morgan fingerprint density at radius 2 is 2.15 bits per heavy atom. The molecule has 0 saturated heterocycles. The molecule has 108 valence electrons. The SMILES string of the molecule is CC(CNC1CC=CCC1)C(=O)OCc1ccccc1. The molecule has 0 aromatic heterocycles. The van der Waals surface area contributed by atoms with E-state index in [4.69, 9.17) is 4.74 Å². The second-order valence-corrected chi connectivity index (χ2v) is 5.38. The van der Waals surface area contributed by atoms with Gasteiger partial charge in [-0.1, -0.05) is 49.4 Å². The van der Waals surface area contributed by atoms with Gasteiger partial charge in [0.1, 0.15) is 6.61 Å². The third-order valence-electron chi connectivity index (χ3n) is 3.61. The fraction of sp³-hybridized carbons (Fsp3) is 0.471. The van der Waals surface area contributed by atoms with Crippen LogP contribution in [0.5, 0.6) is 0 Å². The maximum atomic E-state index is 11.9. The summed E-state index contributed by atoms with van der Waals surface area (Å²) in [6.45, 7) is 2.96. The number of benzene rings is 1. The van der Waals surface area contributed by atoms with Gasteiger partial charge in [0.05, 0.1) is 5.92 Å². The molecule has 2 atom stereocenters. The van der Waals surface area contributed by atoms with Gasteiger partial charge >= 0.3 is 5.97 Å². The largest absolute Gasteiger partial charge is 0.461 e. The summed E-state index contributed by atoms with van der Waals surface area (Å²) in [5.41, 5.74) is 1.03. The van der Waals surface area contributed by atoms with Crippen molar-refractivity contribution in [3.63, 3.8) is 0 Å². The number of nitrogens with one attached hydrogen (secondary N) is 1. The zero-order valence-corrected chi connectivity index (χ0v) is 12.0. The second-order valence-electron chi connectivity index (χ2n) is 5.38. The van der Waals surface area contributed by atoms with Crippen LogP contribution in [0.2, 0.25) is 0 Å². The Balaban J connectivity index is 1.67. The Kier molecular flexibility index (Phi) is 5.81. The van der Waals surface area contributed by atoms with E-state index in [1.54, 1.807) is 0 Å². The first-order valence-electron chi connectivity index (χ1n) is 7.34. The van der Waals surface area contributed by atoms with Gasteiger partial charge in [0.2, 0.25) is 0 Å². The van der Waals surface area contributed by atoms with Gasteiger partial charge in [-0.25, -0.2) is 0 Å². The number of hydrogen-bond acceptors (Lipinski definition) is 3. The summed E-state index contributed by atoms with van der Waals surface area (Å²) in [5, 5.41) is 3.45. The predicted octanol–water partition coefficient (Wildman–Crippen LogP) is 3.06. The molecule has 0 aliphatic heterocycles. The summed E-state index contributed by atoms with van der Waals surface area (Å²) in [5.74, 6) is -0.239. The molecule has 2 rings (SSSR count). The number of esters is 1. The zero-order chi connectivity index (χ0) is 14.2. The van der Waals surface area contributed by atoms with E-state index in [0.717, 1.165) is 24.8 Å². The summed E-state index contributed by atoms with van der Waals surface area (Å²) in [6, 6.07) is 10.3. The van der Waals surface area contributed by atoms with E-state index >= 15 is 0 Å². The van der Waals surface area contributed by atoms with Crippen LogP contribution >= 0.6 is 0 Å². The average molecular weight is 273 g/mol. The first-order valence-corrected chi connectivity index (χ1v) is 7.34. The van der Waals surface area contributed by atoms with Crippen LogP contribution in [0.1, 0.15) is 31.7 Å². The quantitative estimate of drug-likeness (QED) is 0.639. The van der Waals surface area contributed by atoms with E-state index in [-0.39, 0.29) is 11.9 Å². The van der Waals surface area contributed by atoms with Crippen molar-refractivity contribution in [1.82, 2.24) is 5.32 Å². The molecular weight excluding hydrogens is 250 g/mol. The van der Waals surface area contributed by atoms with Crippen LogP contribution in [0.3, 0.4) is 0 Å². The molecular formula is C17H23NO2. The summed E-state index contributed by atoms with van der Waals surface area (Å²) >= 11 is 0. The molecule has 0 radical (unpaired) electrons. The smallest absolute Gasteiger partial charge is 0.310 e. The fourth-order valence-electron chi connectivity index (χ4n) is 2.28. The van der Waals surface area contributed by atoms with E-state index in [2.05, 4.69) is 17.5 Å². The highest BCUT2D eigenvalue weighted by molar-refractivity contribution is 5.72. The van der Waals surface area contributed by atoms with Crippen LogP contribution in [0.15, 0.2) is 42.5 Å². The second kappa shape index (κ2) is 7.85. The summed E-state index contributed by atoms with van der Waals surface area (Å²) in [4.78, 5) is 11.9. The topological polar surface area (TPSA) is 38.3 Å². The van der Waals surface area contributed by atoms with Gasteiger partial charge in [0.25, 0.3) is 0 Å². The van der Waals surface area contributed by atoms with Crippen molar-refractivity contribution in [2.24, 2.45) is 5.92 Å². The lowest BCUT2D eigenvalue weighted by Crippen LogP contribution is -2.36. The first kappa shape index (κ1) is 14.8. The van der Waals surface area contributed by atoms with Crippen LogP contribution in [0.4, 0.5) is 0 Å². The van der Waals surface area contributed by atoms with Gasteiger partial charge in [-0.3, -0.25) is 4.79 Å². The molecule has 1 aliphatic carbocycles. The Hall–Kier alpha value is -1.61. The fourth-order valence-corrected chi connectivity index (χ4v) is 2.28. The van der Waals surface area contributed by atoms with Crippen molar-refractivity contribution in [2.45, 2.75) is 38.8 Å². The minimum Gasteiger partial charge on any atom is -0.461 e. The summed E-state index contributed by atoms with van der Waals surface area (Å²) in [6.07, 6.45) is 7.77. The lowest BCUT2D eigenvalue weighted by atomic mass is 10.0. The minimum atomic E-state index is -0.132. The number of rotatable bonds is 6. The van der Waals surface area contributed by atoms with Crippen LogP contribution in [-0.4, -0.2) is 18.6 Å². The van der Waals surface area contributed by atoms with E-state index in [1.165, 1.54) is 0 Å². The average Bonchev–Trinajstić information content (AvgIpc) is 2.52. The third kappa shape index (κ3) is 4.82. The van der Waals surface area contributed by atoms with Gasteiger partial charge < -0.3 is 10.1 Å². The highest BCUT2D eigenvalue weighted by atomic mass is 16.5. The van der Waals surface area contributed by atoms with Gasteiger partial charge in [-0.2, -0.15) is 0 Å². The normalized spacial score (nSPS) is 19.6. The molecule has 0 saturated carbocycles. The van der Waals surface area contributed by atoms with Crippen molar-refractivity contribution in [3.05, 3.63) is 48.0 Å². The van der Waals surface area contributed by atoms with E-state index in [0.29, 0.717) is 19.2 Å². The Labute approximate surface area is 121 Å². The van der Waals surface area contributed by atoms with Crippen LogP contribution in [0, 0.1) is 5.92 Å². The van der Waals surface area contributed by atoms with Gasteiger partial charge in [-0.05, 0) is 24.8 Å². The highest BCUT2D eigenvalue weighted by Crippen LogP contribution is 2.11.